The highest BCUT2D eigenvalue weighted by Gasteiger charge is 2.63. The van der Waals surface area contributed by atoms with Crippen molar-refractivity contribution in [1.82, 2.24) is 0 Å². The van der Waals surface area contributed by atoms with Gasteiger partial charge in [-0.15, -0.1) is 0 Å². The number of amides is 2. The van der Waals surface area contributed by atoms with Crippen LogP contribution < -0.4 is 16.9 Å². The van der Waals surface area contributed by atoms with Crippen LogP contribution >= 0.6 is 63.7 Å². The number of rotatable bonds is 6. The topological polar surface area (TPSA) is 269 Å². The maximum absolute atomic E-state index is 10.9. The highest BCUT2D eigenvalue weighted by atomic mass is 79.9. The van der Waals surface area contributed by atoms with E-state index in [0.29, 0.717) is 19.1 Å². The van der Waals surface area contributed by atoms with Crippen LogP contribution in [0.4, 0.5) is 0 Å². The molecule has 3 fully saturated rings. The predicted octanol–water partition coefficient (Wildman–Crippen LogP) is 8.31. The number of halogens is 4. The molecule has 0 saturated carbocycles. The lowest BCUT2D eigenvalue weighted by molar-refractivity contribution is 0.00578. The summed E-state index contributed by atoms with van der Waals surface area (Å²) in [5.74, 6) is -3.15. The highest BCUT2D eigenvalue weighted by Crippen LogP contribution is 2.43. The Kier molecular flexibility index (Phi) is 17.7. The Morgan fingerprint density at radius 2 is 0.825 bits per heavy atom. The summed E-state index contributed by atoms with van der Waals surface area (Å²) in [6.07, 6.45) is 4.16. The van der Waals surface area contributed by atoms with Crippen LogP contribution in [0.15, 0.2) is 78.8 Å². The van der Waals surface area contributed by atoms with Crippen LogP contribution in [0.1, 0.15) is 125 Å². The SMILES string of the molecule is CC1(C)OB(B2OC(C)(C)C(C)(C)O2)OC1(C)C.CC1(C)OB(c2coc(C(N)=O)c2)OC1(C)C.NC(=O)c1cc(Br)co1.O=C(O)c1cc(Br)c(Br)o1.O=C(O)c1cc(Br)co1. The van der Waals surface area contributed by atoms with E-state index in [9.17, 15) is 19.2 Å². The van der Waals surface area contributed by atoms with Crippen molar-refractivity contribution >= 4 is 114 Å². The first-order valence-corrected chi connectivity index (χ1v) is 21.9. The predicted molar refractivity (Wildman–Crippen MR) is 244 cm³/mol. The molecule has 2 amide bonds. The van der Waals surface area contributed by atoms with Crippen molar-refractivity contribution in [2.24, 2.45) is 11.5 Å². The van der Waals surface area contributed by atoms with Crippen LogP contribution in [-0.4, -0.2) is 88.7 Å². The number of hydrogen-bond donors (Lipinski definition) is 4. The van der Waals surface area contributed by atoms with Gasteiger partial charge in [0, 0.05) is 23.7 Å². The molecule has 3 aliphatic heterocycles. The summed E-state index contributed by atoms with van der Waals surface area (Å²) < 4.78 is 56.9. The summed E-state index contributed by atoms with van der Waals surface area (Å²) >= 11 is 12.2. The van der Waals surface area contributed by atoms with Gasteiger partial charge in [-0.3, -0.25) is 9.59 Å². The van der Waals surface area contributed by atoms with Crippen molar-refractivity contribution in [2.45, 2.75) is 117 Å². The molecular formula is C38H49B3Br4N2O16. The van der Waals surface area contributed by atoms with Gasteiger partial charge in [-0.2, -0.15) is 0 Å². The van der Waals surface area contributed by atoms with Gasteiger partial charge in [-0.05, 0) is 153 Å². The molecule has 344 valence electrons. The summed E-state index contributed by atoms with van der Waals surface area (Å²) in [6.45, 7) is 24.0. The second kappa shape index (κ2) is 20.6. The van der Waals surface area contributed by atoms with Crippen LogP contribution in [0, 0.1) is 0 Å². The van der Waals surface area contributed by atoms with Crippen molar-refractivity contribution in [3.63, 3.8) is 0 Å². The van der Waals surface area contributed by atoms with E-state index < -0.39 is 56.1 Å². The Labute approximate surface area is 399 Å². The van der Waals surface area contributed by atoms with Crippen molar-refractivity contribution in [3.8, 4) is 0 Å². The molecule has 0 aliphatic carbocycles. The Morgan fingerprint density at radius 3 is 1.06 bits per heavy atom. The lowest BCUT2D eigenvalue weighted by Gasteiger charge is -2.32. The number of carboxylic acids is 2. The number of carbonyl (C=O) groups is 4. The second-order valence-electron chi connectivity index (χ2n) is 16.9. The molecule has 4 aromatic rings. The molecule has 18 nitrogen and oxygen atoms in total. The quantitative estimate of drug-likeness (QED) is 0.132. The van der Waals surface area contributed by atoms with Gasteiger partial charge in [-0.25, -0.2) is 9.59 Å². The molecule has 0 spiro atoms. The third-order valence-corrected chi connectivity index (χ3v) is 13.1. The van der Waals surface area contributed by atoms with Gasteiger partial charge in [0.2, 0.25) is 11.5 Å². The third kappa shape index (κ3) is 13.9. The van der Waals surface area contributed by atoms with Gasteiger partial charge in [0.15, 0.2) is 16.2 Å². The maximum Gasteiger partial charge on any atom is 0.498 e. The number of furan rings is 4. The van der Waals surface area contributed by atoms with E-state index in [1.54, 1.807) is 6.07 Å². The molecule has 0 bridgehead atoms. The molecule has 4 aromatic heterocycles. The minimum atomic E-state index is -1.08. The van der Waals surface area contributed by atoms with Crippen molar-refractivity contribution in [2.75, 3.05) is 0 Å². The summed E-state index contributed by atoms with van der Waals surface area (Å²) in [4.78, 5) is 41.6. The van der Waals surface area contributed by atoms with Gasteiger partial charge in [0.05, 0.1) is 53.3 Å². The van der Waals surface area contributed by atoms with Gasteiger partial charge in [0.1, 0.15) is 12.5 Å². The zero-order valence-corrected chi connectivity index (χ0v) is 42.9. The van der Waals surface area contributed by atoms with E-state index in [0.717, 1.165) is 4.47 Å². The normalized spacial score (nSPS) is 19.3. The van der Waals surface area contributed by atoms with Crippen LogP contribution in [0.3, 0.4) is 0 Å². The molecule has 63 heavy (non-hydrogen) atoms. The number of nitrogens with two attached hydrogens (primary N) is 2. The van der Waals surface area contributed by atoms with Crippen LogP contribution in [0.25, 0.3) is 0 Å². The Bertz CT molecular complexity index is 2100. The van der Waals surface area contributed by atoms with Crippen LogP contribution in [0.5, 0.6) is 0 Å². The number of carboxylic acid groups (broad SMARTS) is 2. The smallest absolute Gasteiger partial charge is 0.475 e. The Balaban J connectivity index is 0.000000217. The first kappa shape index (κ1) is 54.2. The van der Waals surface area contributed by atoms with E-state index in [4.69, 9.17) is 62.9 Å². The third-order valence-electron chi connectivity index (χ3n) is 10.6. The summed E-state index contributed by atoms with van der Waals surface area (Å²) in [5, 5.41) is 16.7. The molecule has 3 saturated heterocycles. The number of carbonyl (C=O) groups excluding carboxylic acids is 2. The number of hydrogen-bond acceptors (Lipinski definition) is 14. The van der Waals surface area contributed by atoms with Gasteiger partial charge in [0.25, 0.3) is 11.8 Å². The van der Waals surface area contributed by atoms with Crippen LogP contribution in [-0.2, 0) is 27.9 Å². The molecule has 7 rings (SSSR count). The molecule has 0 atom stereocenters. The number of aromatic carboxylic acids is 2. The fourth-order valence-electron chi connectivity index (χ4n) is 4.90. The van der Waals surface area contributed by atoms with E-state index in [1.807, 2.05) is 83.1 Å². The molecule has 0 unspecified atom stereocenters. The Morgan fingerprint density at radius 1 is 0.492 bits per heavy atom. The molecule has 3 aliphatic rings. The van der Waals surface area contributed by atoms with E-state index in [-0.39, 0.29) is 45.4 Å². The van der Waals surface area contributed by atoms with Gasteiger partial charge < -0.3 is 67.3 Å². The molecular weight excluding hydrogens is 1090 g/mol. The first-order valence-electron chi connectivity index (χ1n) is 18.8. The standard InChI is InChI=1S/C12H24B2O4.C11H16BNO4.C5H2Br2O3.C5H4BrNO2.C5H3BrO3/c1-9(2)10(3,4)16-13(15-9)14-17-11(5,6)12(7,8)18-14;1-10(2)11(3,4)17-12(16-10)7-5-8(9(13)14)15-6-7;6-2-1-3(5(8)9)10-4(2)7;2*6-3-1-4(5(7)8)9-2-3/h1-8H3;5-6H,1-4H3,(H2,13,14);1H,(H,8,9);1-2H,(H2,7,8);1-2H,(H,7,8). The maximum atomic E-state index is 10.9. The van der Waals surface area contributed by atoms with Crippen molar-refractivity contribution in [3.05, 3.63) is 84.2 Å². The van der Waals surface area contributed by atoms with E-state index in [1.165, 1.54) is 37.0 Å². The van der Waals surface area contributed by atoms with Crippen molar-refractivity contribution < 1.29 is 75.0 Å². The van der Waals surface area contributed by atoms with E-state index >= 15 is 0 Å². The summed E-state index contributed by atoms with van der Waals surface area (Å²) in [5.41, 5.74) is 8.39. The summed E-state index contributed by atoms with van der Waals surface area (Å²) in [7, 11) is -1.48. The molecule has 7 heterocycles. The monoisotopic (exact) mass is 1140 g/mol. The average Bonchev–Trinajstić information content (AvgIpc) is 4.00. The van der Waals surface area contributed by atoms with E-state index in [2.05, 4.69) is 68.1 Å². The highest BCUT2D eigenvalue weighted by molar-refractivity contribution is 9.13. The van der Waals surface area contributed by atoms with Crippen molar-refractivity contribution in [1.29, 1.82) is 0 Å². The fourth-order valence-corrected chi connectivity index (χ4v) is 6.08. The van der Waals surface area contributed by atoms with Gasteiger partial charge in [-0.1, -0.05) is 0 Å². The first-order chi connectivity index (χ1) is 28.6. The lowest BCUT2D eigenvalue weighted by Crippen LogP contribution is -2.41. The molecule has 0 radical (unpaired) electrons. The largest absolute Gasteiger partial charge is 0.498 e. The second-order valence-corrected chi connectivity index (χ2v) is 20.3. The number of primary amides is 2. The van der Waals surface area contributed by atoms with Crippen LogP contribution in [0.2, 0.25) is 0 Å². The Hall–Kier alpha value is -3.13. The zero-order chi connectivity index (χ0) is 48.3. The molecule has 6 N–H and O–H groups in total. The summed E-state index contributed by atoms with van der Waals surface area (Å²) in [6, 6.07) is 5.83. The minimum absolute atomic E-state index is 0.0538. The minimum Gasteiger partial charge on any atom is -0.475 e. The average molecular weight is 1140 g/mol. The fraction of sp³-hybridized carbons (Fsp3) is 0.474. The lowest BCUT2D eigenvalue weighted by atomic mass is 9.49. The zero-order valence-electron chi connectivity index (χ0n) is 36.5. The van der Waals surface area contributed by atoms with Gasteiger partial charge >= 0.3 is 33.1 Å². The molecule has 0 aromatic carbocycles. The molecule has 25 heteroatoms.